The van der Waals surface area contributed by atoms with Gasteiger partial charge in [-0.3, -0.25) is 4.79 Å². The van der Waals surface area contributed by atoms with Gasteiger partial charge in [-0.1, -0.05) is 6.07 Å². The van der Waals surface area contributed by atoms with Crippen LogP contribution in [0.1, 0.15) is 27.3 Å². The van der Waals surface area contributed by atoms with Gasteiger partial charge in [0.25, 0.3) is 5.91 Å². The van der Waals surface area contributed by atoms with Gasteiger partial charge in [0.15, 0.2) is 0 Å². The number of hydrogen-bond acceptors (Lipinski definition) is 5. The maximum atomic E-state index is 12.3. The Morgan fingerprint density at radius 2 is 1.83 bits per heavy atom. The Labute approximate surface area is 141 Å². The van der Waals surface area contributed by atoms with Gasteiger partial charge in [0, 0.05) is 19.7 Å². The molecule has 2 aromatic rings. The van der Waals surface area contributed by atoms with E-state index in [2.05, 4.69) is 15.5 Å². The average Bonchev–Trinajstić information content (AvgIpc) is 2.54. The highest BCUT2D eigenvalue weighted by Gasteiger charge is 2.21. The highest BCUT2D eigenvalue weighted by Crippen LogP contribution is 2.19. The summed E-state index contributed by atoms with van der Waals surface area (Å²) in [6.07, 6.45) is 0. The van der Waals surface area contributed by atoms with Crippen molar-refractivity contribution >= 4 is 15.9 Å². The Bertz CT molecular complexity index is 846. The summed E-state index contributed by atoms with van der Waals surface area (Å²) in [6.45, 7) is 3.74. The van der Waals surface area contributed by atoms with Crippen LogP contribution in [0.15, 0.2) is 35.2 Å². The topological polar surface area (TPSA) is 92.3 Å². The molecule has 1 N–H and O–H groups in total. The van der Waals surface area contributed by atoms with Crippen LogP contribution in [0.5, 0.6) is 0 Å². The van der Waals surface area contributed by atoms with Crippen LogP contribution < -0.4 is 5.32 Å². The summed E-state index contributed by atoms with van der Waals surface area (Å²) in [5.41, 5.74) is 2.29. The molecule has 128 valence electrons. The van der Waals surface area contributed by atoms with Crippen LogP contribution in [-0.4, -0.2) is 42.9 Å². The van der Waals surface area contributed by atoms with Gasteiger partial charge in [-0.05, 0) is 43.7 Å². The maximum Gasteiger partial charge on any atom is 0.251 e. The molecule has 1 aromatic carbocycles. The molecule has 2 rings (SSSR count). The standard InChI is InChI=1S/C16H20N4O3S/c1-11-5-7-13(9-15(11)24(22,23)20(3)4)16(21)17-10-14-8-6-12(2)18-19-14/h5-9H,10H2,1-4H3,(H,17,21). The Morgan fingerprint density at radius 3 is 2.42 bits per heavy atom. The first-order valence-electron chi connectivity index (χ1n) is 7.32. The van der Waals surface area contributed by atoms with E-state index in [4.69, 9.17) is 0 Å². The second-order valence-corrected chi connectivity index (χ2v) is 7.74. The molecule has 0 aliphatic carbocycles. The lowest BCUT2D eigenvalue weighted by atomic mass is 10.1. The molecule has 1 heterocycles. The molecule has 24 heavy (non-hydrogen) atoms. The fraction of sp³-hybridized carbons (Fsp3) is 0.312. The van der Waals surface area contributed by atoms with Crippen molar-refractivity contribution in [3.05, 3.63) is 52.8 Å². The van der Waals surface area contributed by atoms with Crippen LogP contribution in [0.4, 0.5) is 0 Å². The third-order valence-corrected chi connectivity index (χ3v) is 5.45. The Hall–Kier alpha value is -2.32. The number of nitrogens with one attached hydrogen (secondary N) is 1. The van der Waals surface area contributed by atoms with E-state index in [1.165, 1.54) is 20.2 Å². The fourth-order valence-corrected chi connectivity index (χ4v) is 3.15. The summed E-state index contributed by atoms with van der Waals surface area (Å²) in [5.74, 6) is -0.368. The monoisotopic (exact) mass is 348 g/mol. The molecule has 0 saturated carbocycles. The van der Waals surface area contributed by atoms with Crippen LogP contribution in [0.2, 0.25) is 0 Å². The predicted octanol–water partition coefficient (Wildman–Crippen LogP) is 1.27. The summed E-state index contributed by atoms with van der Waals surface area (Å²) >= 11 is 0. The van der Waals surface area contributed by atoms with Gasteiger partial charge in [0.05, 0.1) is 22.8 Å². The summed E-state index contributed by atoms with van der Waals surface area (Å²) in [4.78, 5) is 12.4. The van der Waals surface area contributed by atoms with Crippen molar-refractivity contribution in [3.8, 4) is 0 Å². The van der Waals surface area contributed by atoms with Gasteiger partial charge in [-0.25, -0.2) is 12.7 Å². The SMILES string of the molecule is Cc1ccc(CNC(=O)c2ccc(C)c(S(=O)(=O)N(C)C)c2)nn1. The molecular formula is C16H20N4O3S. The van der Waals surface area contributed by atoms with Crippen molar-refractivity contribution in [3.63, 3.8) is 0 Å². The van der Waals surface area contributed by atoms with Crippen LogP contribution in [0.25, 0.3) is 0 Å². The number of hydrogen-bond donors (Lipinski definition) is 1. The molecular weight excluding hydrogens is 328 g/mol. The molecule has 8 heteroatoms. The maximum absolute atomic E-state index is 12.3. The molecule has 0 atom stereocenters. The van der Waals surface area contributed by atoms with Gasteiger partial charge < -0.3 is 5.32 Å². The van der Waals surface area contributed by atoms with Crippen molar-refractivity contribution in [1.82, 2.24) is 19.8 Å². The predicted molar refractivity (Wildman–Crippen MR) is 90.0 cm³/mol. The number of carbonyl (C=O) groups excluding carboxylic acids is 1. The van der Waals surface area contributed by atoms with Crippen LogP contribution >= 0.6 is 0 Å². The molecule has 7 nitrogen and oxygen atoms in total. The van der Waals surface area contributed by atoms with E-state index in [0.717, 1.165) is 10.00 Å². The first-order chi connectivity index (χ1) is 11.2. The minimum absolute atomic E-state index is 0.121. The number of amides is 1. The normalized spacial score (nSPS) is 11.5. The lowest BCUT2D eigenvalue weighted by molar-refractivity contribution is 0.0950. The van der Waals surface area contributed by atoms with Crippen molar-refractivity contribution in [2.45, 2.75) is 25.3 Å². The van der Waals surface area contributed by atoms with Crippen molar-refractivity contribution in [2.24, 2.45) is 0 Å². The van der Waals surface area contributed by atoms with E-state index in [9.17, 15) is 13.2 Å². The lowest BCUT2D eigenvalue weighted by Gasteiger charge is -2.14. The number of nitrogens with zero attached hydrogens (tertiary/aromatic N) is 3. The third kappa shape index (κ3) is 3.95. The molecule has 0 fully saturated rings. The molecule has 0 unspecified atom stereocenters. The lowest BCUT2D eigenvalue weighted by Crippen LogP contribution is -2.26. The van der Waals surface area contributed by atoms with E-state index in [-0.39, 0.29) is 22.9 Å². The smallest absolute Gasteiger partial charge is 0.251 e. The van der Waals surface area contributed by atoms with E-state index < -0.39 is 10.0 Å². The molecule has 0 aliphatic heterocycles. The van der Waals surface area contributed by atoms with Gasteiger partial charge in [0.2, 0.25) is 10.0 Å². The van der Waals surface area contributed by atoms with Crippen molar-refractivity contribution in [1.29, 1.82) is 0 Å². The number of rotatable bonds is 5. The molecule has 1 aromatic heterocycles. The number of aryl methyl sites for hydroxylation is 2. The molecule has 0 saturated heterocycles. The molecule has 0 spiro atoms. The summed E-state index contributed by atoms with van der Waals surface area (Å²) in [7, 11) is -0.693. The number of aromatic nitrogens is 2. The zero-order chi connectivity index (χ0) is 17.9. The largest absolute Gasteiger partial charge is 0.346 e. The van der Waals surface area contributed by atoms with Gasteiger partial charge in [0.1, 0.15) is 0 Å². The van der Waals surface area contributed by atoms with E-state index in [1.807, 2.05) is 13.0 Å². The quantitative estimate of drug-likeness (QED) is 0.878. The van der Waals surface area contributed by atoms with E-state index in [1.54, 1.807) is 25.1 Å². The molecule has 0 aliphatic rings. The average molecular weight is 348 g/mol. The highest BCUT2D eigenvalue weighted by molar-refractivity contribution is 7.89. The molecule has 0 bridgehead atoms. The zero-order valence-corrected chi connectivity index (χ0v) is 14.9. The molecule has 0 radical (unpaired) electrons. The van der Waals surface area contributed by atoms with Crippen LogP contribution in [0, 0.1) is 13.8 Å². The van der Waals surface area contributed by atoms with Gasteiger partial charge in [-0.15, -0.1) is 0 Å². The minimum Gasteiger partial charge on any atom is -0.346 e. The first kappa shape index (κ1) is 18.0. The summed E-state index contributed by atoms with van der Waals surface area (Å²) in [6, 6.07) is 8.19. The first-order valence-corrected chi connectivity index (χ1v) is 8.76. The van der Waals surface area contributed by atoms with Gasteiger partial charge in [-0.2, -0.15) is 10.2 Å². The number of benzene rings is 1. The summed E-state index contributed by atoms with van der Waals surface area (Å²) in [5, 5.41) is 10.6. The van der Waals surface area contributed by atoms with E-state index >= 15 is 0 Å². The minimum atomic E-state index is -3.60. The number of carbonyl (C=O) groups is 1. The second kappa shape index (κ2) is 7.06. The number of sulfonamides is 1. The van der Waals surface area contributed by atoms with Gasteiger partial charge >= 0.3 is 0 Å². The highest BCUT2D eigenvalue weighted by atomic mass is 32.2. The van der Waals surface area contributed by atoms with E-state index in [0.29, 0.717) is 11.3 Å². The summed E-state index contributed by atoms with van der Waals surface area (Å²) < 4.78 is 25.8. The zero-order valence-electron chi connectivity index (χ0n) is 14.1. The molecule has 1 amide bonds. The van der Waals surface area contributed by atoms with Crippen molar-refractivity contribution in [2.75, 3.05) is 14.1 Å². The van der Waals surface area contributed by atoms with Crippen molar-refractivity contribution < 1.29 is 13.2 Å². The Kier molecular flexibility index (Phi) is 5.30. The fourth-order valence-electron chi connectivity index (χ4n) is 2.01. The Balaban J connectivity index is 2.20. The Morgan fingerprint density at radius 1 is 1.12 bits per heavy atom. The van der Waals surface area contributed by atoms with Crippen LogP contribution in [0.3, 0.4) is 0 Å². The van der Waals surface area contributed by atoms with Crippen LogP contribution in [-0.2, 0) is 16.6 Å². The second-order valence-electron chi connectivity index (χ2n) is 5.62. The third-order valence-electron chi connectivity index (χ3n) is 3.49.